The Morgan fingerprint density at radius 3 is 1.52 bits per heavy atom. The average molecular weight is 747 g/mol. The Kier molecular flexibility index (Phi) is 11.5. The highest BCUT2D eigenvalue weighted by Crippen LogP contribution is 2.35. The number of anilines is 1. The Morgan fingerprint density at radius 2 is 1.21 bits per heavy atom. The smallest absolute Gasteiger partial charge is 0.253 e. The van der Waals surface area contributed by atoms with E-state index in [2.05, 4.69) is 16.0 Å². The Labute approximate surface area is 207 Å². The van der Waals surface area contributed by atoms with Crippen LogP contribution in [0.15, 0.2) is 0 Å². The number of benzene rings is 1. The van der Waals surface area contributed by atoms with E-state index in [1.165, 1.54) is 6.92 Å². The van der Waals surface area contributed by atoms with Gasteiger partial charge >= 0.3 is 0 Å². The highest BCUT2D eigenvalue weighted by atomic mass is 127. The highest BCUT2D eigenvalue weighted by molar-refractivity contribution is 14.1. The molecule has 29 heavy (non-hydrogen) atoms. The number of halogens is 3. The summed E-state index contributed by atoms with van der Waals surface area (Å²) in [5.74, 6) is -1.59. The third-order valence-corrected chi connectivity index (χ3v) is 6.73. The first-order valence-electron chi connectivity index (χ1n) is 8.17. The molecule has 0 heterocycles. The van der Waals surface area contributed by atoms with Crippen molar-refractivity contribution in [1.29, 1.82) is 0 Å². The molecule has 0 aliphatic heterocycles. The summed E-state index contributed by atoms with van der Waals surface area (Å²) in [5.41, 5.74) is 0.515. The van der Waals surface area contributed by atoms with E-state index in [0.29, 0.717) is 10.7 Å². The van der Waals surface area contributed by atoms with Crippen LogP contribution in [-0.2, 0) is 4.79 Å². The minimum Gasteiger partial charge on any atom is -0.394 e. The summed E-state index contributed by atoms with van der Waals surface area (Å²) in [7, 11) is 0. The fourth-order valence-electron chi connectivity index (χ4n) is 2.08. The van der Waals surface area contributed by atoms with Crippen molar-refractivity contribution < 1.29 is 34.8 Å². The van der Waals surface area contributed by atoms with Gasteiger partial charge in [-0.25, -0.2) is 0 Å². The Morgan fingerprint density at radius 1 is 0.828 bits per heavy atom. The second-order valence-electron chi connectivity index (χ2n) is 5.84. The van der Waals surface area contributed by atoms with Crippen molar-refractivity contribution in [3.05, 3.63) is 21.8 Å². The molecule has 0 aliphatic rings. The van der Waals surface area contributed by atoms with Crippen LogP contribution in [0.2, 0.25) is 0 Å². The second kappa shape index (κ2) is 12.5. The van der Waals surface area contributed by atoms with Crippen molar-refractivity contribution in [3.8, 4) is 0 Å². The van der Waals surface area contributed by atoms with Gasteiger partial charge in [-0.1, -0.05) is 0 Å². The lowest BCUT2D eigenvalue weighted by Crippen LogP contribution is -2.37. The molecule has 1 rings (SSSR count). The maximum Gasteiger partial charge on any atom is 0.253 e. The SMILES string of the molecule is CC(=O)Nc1c(I)c(C(=O)NC[C@@H](O)CO)c(I)c(C(=O)NC[C@@H](O)CO)c1I. The van der Waals surface area contributed by atoms with Crippen LogP contribution >= 0.6 is 67.8 Å². The summed E-state index contributed by atoms with van der Waals surface area (Å²) in [6.07, 6.45) is -2.29. The van der Waals surface area contributed by atoms with Crippen molar-refractivity contribution >= 4 is 91.2 Å². The molecule has 2 atom stereocenters. The molecular formula is C16H20I3N3O7. The zero-order chi connectivity index (χ0) is 22.3. The van der Waals surface area contributed by atoms with Crippen molar-refractivity contribution in [1.82, 2.24) is 10.6 Å². The lowest BCUT2D eigenvalue weighted by Gasteiger charge is -2.20. The van der Waals surface area contributed by atoms with Crippen molar-refractivity contribution in [2.45, 2.75) is 19.1 Å². The zero-order valence-electron chi connectivity index (χ0n) is 15.1. The highest BCUT2D eigenvalue weighted by Gasteiger charge is 2.28. The number of rotatable bonds is 9. The molecule has 162 valence electrons. The number of nitrogens with one attached hydrogen (secondary N) is 3. The van der Waals surface area contributed by atoms with Crippen molar-refractivity contribution in [2.24, 2.45) is 0 Å². The topological polar surface area (TPSA) is 168 Å². The van der Waals surface area contributed by atoms with Crippen LogP contribution in [0.5, 0.6) is 0 Å². The molecule has 7 N–H and O–H groups in total. The van der Waals surface area contributed by atoms with Gasteiger partial charge in [0.15, 0.2) is 0 Å². The maximum atomic E-state index is 12.7. The molecule has 1 aromatic carbocycles. The van der Waals surface area contributed by atoms with E-state index < -0.39 is 43.1 Å². The van der Waals surface area contributed by atoms with E-state index in [4.69, 9.17) is 10.2 Å². The normalized spacial score (nSPS) is 12.8. The van der Waals surface area contributed by atoms with Crippen LogP contribution < -0.4 is 16.0 Å². The van der Waals surface area contributed by atoms with Crippen LogP contribution in [-0.4, -0.2) is 76.7 Å². The molecule has 10 nitrogen and oxygen atoms in total. The number of hydrogen-bond acceptors (Lipinski definition) is 7. The van der Waals surface area contributed by atoms with Crippen LogP contribution in [0.25, 0.3) is 0 Å². The molecule has 0 unspecified atom stereocenters. The van der Waals surface area contributed by atoms with E-state index in [9.17, 15) is 24.6 Å². The summed E-state index contributed by atoms with van der Waals surface area (Å²) in [6, 6.07) is 0. The molecule has 0 spiro atoms. The largest absolute Gasteiger partial charge is 0.394 e. The first-order chi connectivity index (χ1) is 13.5. The monoisotopic (exact) mass is 747 g/mol. The molecule has 0 saturated carbocycles. The van der Waals surface area contributed by atoms with Gasteiger partial charge in [-0.15, -0.1) is 0 Å². The Hall–Kier alpha value is -0.340. The molecular weight excluding hydrogens is 727 g/mol. The summed E-state index contributed by atoms with van der Waals surface area (Å²) in [6.45, 7) is -0.169. The minimum atomic E-state index is -1.14. The molecule has 3 amide bonds. The van der Waals surface area contributed by atoms with Crippen LogP contribution in [0, 0.1) is 10.7 Å². The standard InChI is InChI=1S/C16H20I3N3O7/c1-6(25)22-14-12(18)9(15(28)20-2-7(26)4-23)11(17)10(13(14)19)16(29)21-3-8(27)5-24/h7-8,23-24,26-27H,2-5H2,1H3,(H,20,28)(H,21,29)(H,22,25)/t7-,8-/m1/s1. The fraction of sp³-hybridized carbons (Fsp3) is 0.438. The number of aliphatic hydroxyl groups is 4. The first-order valence-corrected chi connectivity index (χ1v) is 11.4. The molecule has 0 bridgehead atoms. The van der Waals surface area contributed by atoms with E-state index >= 15 is 0 Å². The maximum absolute atomic E-state index is 12.7. The number of hydrogen-bond donors (Lipinski definition) is 7. The van der Waals surface area contributed by atoms with Crippen LogP contribution in [0.1, 0.15) is 27.6 Å². The van der Waals surface area contributed by atoms with Gasteiger partial charge in [0.1, 0.15) is 0 Å². The molecule has 0 saturated heterocycles. The summed E-state index contributed by atoms with van der Waals surface area (Å²) in [4.78, 5) is 37.0. The van der Waals surface area contributed by atoms with Crippen LogP contribution in [0.4, 0.5) is 5.69 Å². The predicted molar refractivity (Wildman–Crippen MR) is 130 cm³/mol. The summed E-state index contributed by atoms with van der Waals surface area (Å²) >= 11 is 5.60. The Bertz CT molecular complexity index is 739. The minimum absolute atomic E-state index is 0.119. The molecule has 1 aromatic rings. The lowest BCUT2D eigenvalue weighted by atomic mass is 10.1. The van der Waals surface area contributed by atoms with E-state index in [0.717, 1.165) is 0 Å². The number of carbonyl (C=O) groups excluding carboxylic acids is 3. The van der Waals surface area contributed by atoms with E-state index in [-0.39, 0.29) is 29.9 Å². The van der Waals surface area contributed by atoms with E-state index in [1.807, 2.05) is 67.8 Å². The summed E-state index contributed by atoms with van der Waals surface area (Å²) in [5, 5.41) is 44.3. The molecule has 0 fully saturated rings. The quantitative estimate of drug-likeness (QED) is 0.169. The van der Waals surface area contributed by atoms with Gasteiger partial charge in [-0.2, -0.15) is 0 Å². The lowest BCUT2D eigenvalue weighted by molar-refractivity contribution is -0.114. The van der Waals surface area contributed by atoms with Gasteiger partial charge in [0.05, 0.1) is 49.4 Å². The van der Waals surface area contributed by atoms with Gasteiger partial charge < -0.3 is 36.4 Å². The number of amides is 3. The van der Waals surface area contributed by atoms with Crippen molar-refractivity contribution in [3.63, 3.8) is 0 Å². The number of carbonyl (C=O) groups is 3. The Balaban J connectivity index is 3.45. The third-order valence-electron chi connectivity index (χ3n) is 3.49. The third kappa shape index (κ3) is 7.39. The molecule has 0 aromatic heterocycles. The van der Waals surface area contributed by atoms with E-state index in [1.54, 1.807) is 0 Å². The van der Waals surface area contributed by atoms with Crippen molar-refractivity contribution in [2.75, 3.05) is 31.6 Å². The summed E-state index contributed by atoms with van der Waals surface area (Å²) < 4.78 is 1.10. The molecule has 0 radical (unpaired) electrons. The average Bonchev–Trinajstić information content (AvgIpc) is 2.67. The fourth-order valence-corrected chi connectivity index (χ4v) is 6.49. The van der Waals surface area contributed by atoms with Gasteiger partial charge in [0, 0.05) is 23.6 Å². The first kappa shape index (κ1) is 26.7. The number of aliphatic hydroxyl groups excluding tert-OH is 4. The molecule has 0 aliphatic carbocycles. The van der Waals surface area contributed by atoms with Gasteiger partial charge in [0.2, 0.25) is 5.91 Å². The second-order valence-corrected chi connectivity index (χ2v) is 9.08. The van der Waals surface area contributed by atoms with Gasteiger partial charge in [-0.3, -0.25) is 14.4 Å². The predicted octanol–water partition coefficient (Wildman–Crippen LogP) is -0.375. The van der Waals surface area contributed by atoms with Gasteiger partial charge in [-0.05, 0) is 67.8 Å². The van der Waals surface area contributed by atoms with Crippen LogP contribution in [0.3, 0.4) is 0 Å². The zero-order valence-corrected chi connectivity index (χ0v) is 21.6. The molecule has 13 heteroatoms. The van der Waals surface area contributed by atoms with Gasteiger partial charge in [0.25, 0.3) is 11.8 Å².